The van der Waals surface area contributed by atoms with Crippen molar-refractivity contribution >= 4 is 10.0 Å². The van der Waals surface area contributed by atoms with E-state index in [0.29, 0.717) is 23.5 Å². The van der Waals surface area contributed by atoms with Gasteiger partial charge in [-0.1, -0.05) is 39.0 Å². The van der Waals surface area contributed by atoms with Gasteiger partial charge in [0.15, 0.2) is 0 Å². The summed E-state index contributed by atoms with van der Waals surface area (Å²) in [5.41, 5.74) is 1.27. The van der Waals surface area contributed by atoms with Crippen LogP contribution in [-0.2, 0) is 10.0 Å². The number of hydrogen-bond acceptors (Lipinski definition) is 3. The zero-order valence-corrected chi connectivity index (χ0v) is 14.1. The highest BCUT2D eigenvalue weighted by Gasteiger charge is 2.16. The molecule has 0 fully saturated rings. The van der Waals surface area contributed by atoms with E-state index in [1.807, 2.05) is 0 Å². The van der Waals surface area contributed by atoms with Gasteiger partial charge in [-0.25, -0.2) is 13.6 Å². The molecule has 21 heavy (non-hydrogen) atoms. The lowest BCUT2D eigenvalue weighted by Crippen LogP contribution is -2.15. The highest BCUT2D eigenvalue weighted by molar-refractivity contribution is 7.89. The van der Waals surface area contributed by atoms with Crippen LogP contribution in [0.4, 0.5) is 0 Å². The summed E-state index contributed by atoms with van der Waals surface area (Å²) in [6.07, 6.45) is 7.29. The van der Waals surface area contributed by atoms with Crippen LogP contribution in [0.2, 0.25) is 0 Å². The van der Waals surface area contributed by atoms with E-state index < -0.39 is 10.0 Å². The van der Waals surface area contributed by atoms with Crippen LogP contribution < -0.4 is 9.88 Å². The van der Waals surface area contributed by atoms with Crippen molar-refractivity contribution < 1.29 is 13.2 Å². The first kappa shape index (κ1) is 18.0. The fourth-order valence-corrected chi connectivity index (χ4v) is 3.53. The number of hydrogen-bond donors (Lipinski definition) is 1. The molecule has 0 radical (unpaired) electrons. The number of ether oxygens (including phenoxy) is 1. The summed E-state index contributed by atoms with van der Waals surface area (Å²) in [5.74, 6) is 0.714. The SMILES string of the molecule is CCCCCCCCOc1cc(C)c(S(N)(=O)=O)c(C)c1. The summed E-state index contributed by atoms with van der Waals surface area (Å²) in [7, 11) is -3.67. The lowest BCUT2D eigenvalue weighted by Gasteiger charge is -2.12. The summed E-state index contributed by atoms with van der Waals surface area (Å²) in [6, 6.07) is 3.48. The molecule has 1 aromatic rings. The molecular weight excluding hydrogens is 286 g/mol. The summed E-state index contributed by atoms with van der Waals surface area (Å²) >= 11 is 0. The van der Waals surface area contributed by atoms with Gasteiger partial charge in [-0.05, 0) is 43.5 Å². The Bertz CT molecular complexity index is 530. The second kappa shape index (κ2) is 8.39. The van der Waals surface area contributed by atoms with Gasteiger partial charge in [-0.2, -0.15) is 0 Å². The monoisotopic (exact) mass is 313 g/mol. The Balaban J connectivity index is 2.51. The van der Waals surface area contributed by atoms with Crippen LogP contribution >= 0.6 is 0 Å². The minimum atomic E-state index is -3.67. The van der Waals surface area contributed by atoms with Gasteiger partial charge in [0, 0.05) is 0 Å². The maximum Gasteiger partial charge on any atom is 0.238 e. The van der Waals surface area contributed by atoms with Gasteiger partial charge in [0.2, 0.25) is 10.0 Å². The van der Waals surface area contributed by atoms with Crippen LogP contribution in [0.25, 0.3) is 0 Å². The molecule has 0 bridgehead atoms. The first-order chi connectivity index (χ1) is 9.86. The van der Waals surface area contributed by atoms with E-state index in [1.165, 1.54) is 32.1 Å². The Hall–Kier alpha value is -1.07. The Morgan fingerprint density at radius 1 is 1.00 bits per heavy atom. The van der Waals surface area contributed by atoms with Crippen LogP contribution in [0.15, 0.2) is 17.0 Å². The molecule has 4 nitrogen and oxygen atoms in total. The molecule has 0 amide bonds. The average Bonchev–Trinajstić information content (AvgIpc) is 2.35. The van der Waals surface area contributed by atoms with E-state index in [4.69, 9.17) is 9.88 Å². The second-order valence-electron chi connectivity index (χ2n) is 5.55. The topological polar surface area (TPSA) is 69.4 Å². The molecule has 1 rings (SSSR count). The smallest absolute Gasteiger partial charge is 0.238 e. The van der Waals surface area contributed by atoms with Gasteiger partial charge in [0.05, 0.1) is 11.5 Å². The molecule has 0 spiro atoms. The normalized spacial score (nSPS) is 11.6. The van der Waals surface area contributed by atoms with Crippen LogP contribution in [0.3, 0.4) is 0 Å². The van der Waals surface area contributed by atoms with Gasteiger partial charge in [0.25, 0.3) is 0 Å². The Morgan fingerprint density at radius 3 is 2.05 bits per heavy atom. The fourth-order valence-electron chi connectivity index (χ4n) is 2.52. The van der Waals surface area contributed by atoms with Crippen molar-refractivity contribution in [2.24, 2.45) is 5.14 Å². The number of rotatable bonds is 9. The summed E-state index contributed by atoms with van der Waals surface area (Å²) in [4.78, 5) is 0.203. The third kappa shape index (κ3) is 6.06. The molecule has 0 saturated carbocycles. The van der Waals surface area contributed by atoms with Crippen molar-refractivity contribution in [3.63, 3.8) is 0 Å². The number of benzene rings is 1. The third-order valence-corrected chi connectivity index (χ3v) is 4.70. The summed E-state index contributed by atoms with van der Waals surface area (Å²) < 4.78 is 28.7. The minimum Gasteiger partial charge on any atom is -0.494 e. The zero-order chi connectivity index (χ0) is 15.9. The Morgan fingerprint density at radius 2 is 1.52 bits per heavy atom. The van der Waals surface area contributed by atoms with Gasteiger partial charge in [-0.3, -0.25) is 0 Å². The van der Waals surface area contributed by atoms with E-state index >= 15 is 0 Å². The Kier molecular flexibility index (Phi) is 7.18. The minimum absolute atomic E-state index is 0.203. The van der Waals surface area contributed by atoms with Crippen LogP contribution in [-0.4, -0.2) is 15.0 Å². The summed E-state index contributed by atoms with van der Waals surface area (Å²) in [5, 5.41) is 5.22. The quantitative estimate of drug-likeness (QED) is 0.707. The zero-order valence-electron chi connectivity index (χ0n) is 13.3. The molecule has 0 atom stereocenters. The molecule has 0 aliphatic carbocycles. The molecule has 2 N–H and O–H groups in total. The van der Waals surface area contributed by atoms with Crippen LogP contribution in [0.5, 0.6) is 5.75 Å². The van der Waals surface area contributed by atoms with Crippen molar-refractivity contribution in [3.05, 3.63) is 23.3 Å². The number of aryl methyl sites for hydroxylation is 2. The highest BCUT2D eigenvalue weighted by Crippen LogP contribution is 2.25. The molecule has 0 aromatic heterocycles. The second-order valence-corrected chi connectivity index (χ2v) is 7.05. The van der Waals surface area contributed by atoms with Gasteiger partial charge >= 0.3 is 0 Å². The van der Waals surface area contributed by atoms with E-state index in [1.54, 1.807) is 26.0 Å². The van der Waals surface area contributed by atoms with Gasteiger partial charge < -0.3 is 4.74 Å². The molecule has 0 heterocycles. The molecule has 5 heteroatoms. The maximum atomic E-state index is 11.5. The van der Waals surface area contributed by atoms with Gasteiger partial charge in [-0.15, -0.1) is 0 Å². The third-order valence-electron chi connectivity index (χ3n) is 3.48. The maximum absolute atomic E-state index is 11.5. The van der Waals surface area contributed by atoms with Gasteiger partial charge in [0.1, 0.15) is 5.75 Å². The molecular formula is C16H27NO3S. The molecule has 0 unspecified atom stereocenters. The Labute approximate surface area is 128 Å². The van der Waals surface area contributed by atoms with Crippen molar-refractivity contribution in [2.75, 3.05) is 6.61 Å². The van der Waals surface area contributed by atoms with Crippen molar-refractivity contribution in [2.45, 2.75) is 64.2 Å². The van der Waals surface area contributed by atoms with E-state index in [-0.39, 0.29) is 4.90 Å². The lowest BCUT2D eigenvalue weighted by atomic mass is 10.1. The first-order valence-corrected chi connectivity index (χ1v) is 9.17. The van der Waals surface area contributed by atoms with E-state index in [9.17, 15) is 8.42 Å². The number of primary sulfonamides is 1. The molecule has 0 aliphatic rings. The molecule has 120 valence electrons. The summed E-state index contributed by atoms with van der Waals surface area (Å²) in [6.45, 7) is 6.35. The van der Waals surface area contributed by atoms with E-state index in [0.717, 1.165) is 6.42 Å². The molecule has 0 saturated heterocycles. The molecule has 1 aromatic carbocycles. The lowest BCUT2D eigenvalue weighted by molar-refractivity contribution is 0.304. The van der Waals surface area contributed by atoms with Crippen molar-refractivity contribution in [1.29, 1.82) is 0 Å². The first-order valence-electron chi connectivity index (χ1n) is 7.63. The van der Waals surface area contributed by atoms with Crippen molar-refractivity contribution in [3.8, 4) is 5.75 Å². The number of sulfonamides is 1. The predicted octanol–water partition coefficient (Wildman–Crippen LogP) is 3.69. The van der Waals surface area contributed by atoms with Crippen molar-refractivity contribution in [1.82, 2.24) is 0 Å². The number of unbranched alkanes of at least 4 members (excludes halogenated alkanes) is 5. The fraction of sp³-hybridized carbons (Fsp3) is 0.625. The predicted molar refractivity (Wildman–Crippen MR) is 86.2 cm³/mol. The molecule has 0 aliphatic heterocycles. The van der Waals surface area contributed by atoms with Crippen LogP contribution in [0.1, 0.15) is 56.6 Å². The van der Waals surface area contributed by atoms with Crippen LogP contribution in [0, 0.1) is 13.8 Å². The largest absolute Gasteiger partial charge is 0.494 e. The average molecular weight is 313 g/mol. The number of nitrogens with two attached hydrogens (primary N) is 1. The highest BCUT2D eigenvalue weighted by atomic mass is 32.2. The standard InChI is InChI=1S/C16H27NO3S/c1-4-5-6-7-8-9-10-20-15-11-13(2)16(14(3)12-15)21(17,18)19/h11-12H,4-10H2,1-3H3,(H2,17,18,19). The van der Waals surface area contributed by atoms with E-state index in [2.05, 4.69) is 6.92 Å².